The molecule has 0 fully saturated rings. The van der Waals surface area contributed by atoms with Gasteiger partial charge in [-0.25, -0.2) is 0 Å². The van der Waals surface area contributed by atoms with Crippen molar-refractivity contribution in [1.29, 1.82) is 0 Å². The minimum atomic E-state index is 0.00962. The maximum absolute atomic E-state index is 5.45. The van der Waals surface area contributed by atoms with E-state index in [9.17, 15) is 0 Å². The minimum Gasteiger partial charge on any atom is -0.497 e. The summed E-state index contributed by atoms with van der Waals surface area (Å²) < 4.78 is 13.5. The molecular weight excluding hydrogens is 480 g/mol. The van der Waals surface area contributed by atoms with Crippen molar-refractivity contribution in [3.8, 4) is 22.8 Å². The van der Waals surface area contributed by atoms with Gasteiger partial charge in [0.15, 0.2) is 11.7 Å². The molecule has 4 heteroatoms. The van der Waals surface area contributed by atoms with Crippen LogP contribution in [0.25, 0.3) is 11.3 Å². The fourth-order valence-corrected chi connectivity index (χ4v) is 6.89. The summed E-state index contributed by atoms with van der Waals surface area (Å²) in [5, 5.41) is 0. The Kier molecular flexibility index (Phi) is 7.40. The van der Waals surface area contributed by atoms with Gasteiger partial charge in [0, 0.05) is 42.0 Å². The molecule has 1 aliphatic heterocycles. The van der Waals surface area contributed by atoms with Crippen molar-refractivity contribution in [2.75, 3.05) is 19.1 Å². The highest BCUT2D eigenvalue weighted by atomic mass is 16.5. The van der Waals surface area contributed by atoms with Gasteiger partial charge in [-0.15, -0.1) is 0 Å². The van der Waals surface area contributed by atoms with Gasteiger partial charge in [-0.1, -0.05) is 26.8 Å². The highest BCUT2D eigenvalue weighted by molar-refractivity contribution is 5.81. The molecule has 0 saturated heterocycles. The number of aromatic nitrogens is 1. The first-order valence-electron chi connectivity index (χ1n) is 14.2. The molecule has 0 saturated carbocycles. The molecule has 2 unspecified atom stereocenters. The third kappa shape index (κ3) is 4.27. The van der Waals surface area contributed by atoms with Crippen LogP contribution >= 0.6 is 0 Å². The van der Waals surface area contributed by atoms with E-state index in [0.29, 0.717) is 0 Å². The molecule has 0 spiro atoms. The molecule has 4 nitrogen and oxygen atoms in total. The van der Waals surface area contributed by atoms with Gasteiger partial charge in [-0.3, -0.25) is 0 Å². The van der Waals surface area contributed by atoms with Crippen LogP contribution < -0.4 is 18.9 Å². The number of ether oxygens (including phenoxy) is 2. The van der Waals surface area contributed by atoms with Crippen molar-refractivity contribution in [1.82, 2.24) is 0 Å². The van der Waals surface area contributed by atoms with Crippen LogP contribution in [-0.2, 0) is 11.0 Å². The lowest BCUT2D eigenvalue weighted by Gasteiger charge is -2.48. The first-order chi connectivity index (χ1) is 19.0. The molecule has 1 aliphatic rings. The van der Waals surface area contributed by atoms with E-state index >= 15 is 0 Å². The summed E-state index contributed by atoms with van der Waals surface area (Å²) in [6.45, 7) is 9.52. The molecule has 39 heavy (non-hydrogen) atoms. The van der Waals surface area contributed by atoms with E-state index in [1.807, 2.05) is 24.3 Å². The number of hydrogen-bond acceptors (Lipinski definition) is 3. The Morgan fingerprint density at radius 3 is 1.82 bits per heavy atom. The van der Waals surface area contributed by atoms with Gasteiger partial charge in [0.2, 0.25) is 5.69 Å². The number of hydrogen-bond donors (Lipinski definition) is 0. The van der Waals surface area contributed by atoms with E-state index in [4.69, 9.17) is 9.47 Å². The molecule has 202 valence electrons. The smallest absolute Gasteiger partial charge is 0.213 e. The van der Waals surface area contributed by atoms with Crippen LogP contribution in [0.5, 0.6) is 11.5 Å². The number of nitrogens with zero attached hydrogens (tertiary/aromatic N) is 2. The predicted molar refractivity (Wildman–Crippen MR) is 161 cm³/mol. The molecule has 0 N–H and O–H groups in total. The second-order valence-electron chi connectivity index (χ2n) is 10.7. The van der Waals surface area contributed by atoms with Crippen LogP contribution in [-0.4, -0.2) is 14.2 Å². The Hall–Kier alpha value is -3.79. The number of pyridine rings is 1. The molecule has 5 rings (SSSR count). The third-order valence-electron chi connectivity index (χ3n) is 9.10. The van der Waals surface area contributed by atoms with Gasteiger partial charge in [0.25, 0.3) is 0 Å². The van der Waals surface area contributed by atoms with Crippen molar-refractivity contribution in [3.63, 3.8) is 0 Å². The Balaban J connectivity index is 1.74. The normalized spacial score (nSPS) is 19.6. The lowest BCUT2D eigenvalue weighted by atomic mass is 9.58. The highest BCUT2D eigenvalue weighted by Gasteiger charge is 2.58. The van der Waals surface area contributed by atoms with E-state index in [2.05, 4.69) is 104 Å². The van der Waals surface area contributed by atoms with Gasteiger partial charge in [0.1, 0.15) is 11.5 Å². The average molecular weight is 522 g/mol. The molecule has 3 aromatic carbocycles. The maximum atomic E-state index is 5.45. The number of methoxy groups -OCH3 is 2. The van der Waals surface area contributed by atoms with Crippen LogP contribution in [0.4, 0.5) is 17.1 Å². The van der Waals surface area contributed by atoms with E-state index in [1.54, 1.807) is 14.2 Å². The van der Waals surface area contributed by atoms with Crippen molar-refractivity contribution in [2.45, 2.75) is 64.3 Å². The molecule has 2 heterocycles. The second kappa shape index (κ2) is 10.8. The number of rotatable bonds is 9. The van der Waals surface area contributed by atoms with E-state index in [0.717, 1.165) is 54.2 Å². The van der Waals surface area contributed by atoms with Crippen LogP contribution in [0.1, 0.15) is 58.9 Å². The van der Waals surface area contributed by atoms with Crippen LogP contribution in [0.15, 0.2) is 91.1 Å². The minimum absolute atomic E-state index is 0.00962. The summed E-state index contributed by atoms with van der Waals surface area (Å²) in [7, 11) is 3.41. The second-order valence-corrected chi connectivity index (χ2v) is 10.7. The fourth-order valence-electron chi connectivity index (χ4n) is 6.89. The van der Waals surface area contributed by atoms with Crippen LogP contribution in [0.2, 0.25) is 0 Å². The Morgan fingerprint density at radius 1 is 0.718 bits per heavy atom. The van der Waals surface area contributed by atoms with Crippen molar-refractivity contribution >= 4 is 17.1 Å². The summed E-state index contributed by atoms with van der Waals surface area (Å²) in [5.74, 6) is 1.68. The van der Waals surface area contributed by atoms with Gasteiger partial charge in [0.05, 0.1) is 25.2 Å². The Bertz CT molecular complexity index is 1380. The summed E-state index contributed by atoms with van der Waals surface area (Å²) in [4.78, 5) is 2.31. The van der Waals surface area contributed by atoms with Crippen LogP contribution in [0.3, 0.4) is 0 Å². The van der Waals surface area contributed by atoms with Crippen molar-refractivity contribution < 1.29 is 14.0 Å². The van der Waals surface area contributed by atoms with Crippen molar-refractivity contribution in [2.24, 2.45) is 0 Å². The van der Waals surface area contributed by atoms with E-state index in [1.165, 1.54) is 16.8 Å². The average Bonchev–Trinajstić information content (AvgIpc) is 3.00. The molecule has 0 bridgehead atoms. The maximum Gasteiger partial charge on any atom is 0.213 e. The largest absolute Gasteiger partial charge is 0.497 e. The molecule has 0 amide bonds. The van der Waals surface area contributed by atoms with E-state index in [-0.39, 0.29) is 11.0 Å². The molecule has 4 aromatic rings. The summed E-state index contributed by atoms with van der Waals surface area (Å²) >= 11 is 0. The lowest BCUT2D eigenvalue weighted by Crippen LogP contribution is -2.69. The zero-order valence-corrected chi connectivity index (χ0v) is 24.2. The SMILES string of the molecule is CCCC1(CC)[n+]2ccccc2-c2cc(N(c3ccc(OC)cc3)c3ccc(OC)cc3)ccc2C1(C)CC. The third-order valence-corrected chi connectivity index (χ3v) is 9.10. The zero-order valence-electron chi connectivity index (χ0n) is 24.2. The number of fused-ring (bicyclic) bond motifs is 3. The van der Waals surface area contributed by atoms with Gasteiger partial charge in [-0.05, 0) is 92.1 Å². The zero-order chi connectivity index (χ0) is 27.6. The standard InChI is InChI=1S/C35H41N2O2/c1-7-23-35(9-3)34(4,8-2)32-22-17-28(25-31(32)33-12-10-11-24-36(33)35)37(26-13-18-29(38-5)19-14-26)27-15-20-30(39-6)21-16-27/h10-22,24-25H,7-9,23H2,1-6H3/q+1. The van der Waals surface area contributed by atoms with Gasteiger partial charge in [-0.2, -0.15) is 4.57 Å². The topological polar surface area (TPSA) is 25.6 Å². The Labute approximate surface area is 233 Å². The molecule has 0 aliphatic carbocycles. The van der Waals surface area contributed by atoms with Crippen molar-refractivity contribution in [3.05, 3.63) is 96.7 Å². The lowest BCUT2D eigenvalue weighted by molar-refractivity contribution is -0.770. The number of anilines is 3. The highest BCUT2D eigenvalue weighted by Crippen LogP contribution is 2.52. The summed E-state index contributed by atoms with van der Waals surface area (Å²) in [5.41, 5.74) is 7.36. The molecule has 1 aromatic heterocycles. The molecule has 0 radical (unpaired) electrons. The van der Waals surface area contributed by atoms with Gasteiger partial charge < -0.3 is 14.4 Å². The first kappa shape index (κ1) is 26.8. The van der Waals surface area contributed by atoms with Crippen LogP contribution in [0, 0.1) is 0 Å². The summed E-state index contributed by atoms with van der Waals surface area (Å²) in [6.07, 6.45) is 6.79. The predicted octanol–water partition coefficient (Wildman–Crippen LogP) is 8.71. The Morgan fingerprint density at radius 2 is 1.31 bits per heavy atom. The monoisotopic (exact) mass is 521 g/mol. The molecule has 2 atom stereocenters. The van der Waals surface area contributed by atoms with E-state index < -0.39 is 0 Å². The quantitative estimate of drug-likeness (QED) is 0.206. The number of benzene rings is 3. The first-order valence-corrected chi connectivity index (χ1v) is 14.2. The molecular formula is C35H41N2O2+. The summed E-state index contributed by atoms with van der Waals surface area (Å²) in [6, 6.07) is 30.3. The van der Waals surface area contributed by atoms with Gasteiger partial charge >= 0.3 is 0 Å². The fraction of sp³-hybridized carbons (Fsp3) is 0.343.